The van der Waals surface area contributed by atoms with E-state index in [1.165, 1.54) is 5.56 Å². The van der Waals surface area contributed by atoms with E-state index in [9.17, 15) is 4.79 Å². The van der Waals surface area contributed by atoms with Crippen molar-refractivity contribution in [1.82, 2.24) is 9.80 Å². The maximum atomic E-state index is 12.8. The summed E-state index contributed by atoms with van der Waals surface area (Å²) in [6, 6.07) is 10.5. The molecule has 0 spiro atoms. The third kappa shape index (κ3) is 5.83. The highest BCUT2D eigenvalue weighted by atomic mass is 35.5. The van der Waals surface area contributed by atoms with Crippen molar-refractivity contribution in [2.24, 2.45) is 5.73 Å². The fraction of sp³-hybridized carbons (Fsp3) is 0.611. The maximum Gasteiger partial charge on any atom is 0.242 e. The number of hydrogen-bond acceptors (Lipinski definition) is 4. The topological polar surface area (TPSA) is 58.8 Å². The van der Waals surface area contributed by atoms with E-state index in [1.807, 2.05) is 11.0 Å². The summed E-state index contributed by atoms with van der Waals surface area (Å²) in [5, 5.41) is 0. The van der Waals surface area contributed by atoms with E-state index in [0.29, 0.717) is 26.1 Å². The zero-order chi connectivity index (χ0) is 16.1. The number of carbonyl (C=O) groups excluding carboxylic acids is 1. The molecular formula is C18H29Cl2N3O2. The molecule has 0 bridgehead atoms. The molecule has 0 aromatic heterocycles. The van der Waals surface area contributed by atoms with Gasteiger partial charge >= 0.3 is 0 Å². The van der Waals surface area contributed by atoms with E-state index in [-0.39, 0.29) is 30.7 Å². The molecule has 0 radical (unpaired) electrons. The van der Waals surface area contributed by atoms with Gasteiger partial charge in [-0.25, -0.2) is 0 Å². The summed E-state index contributed by atoms with van der Waals surface area (Å²) in [5.41, 5.74) is 6.97. The van der Waals surface area contributed by atoms with E-state index in [4.69, 9.17) is 10.5 Å². The Balaban J connectivity index is 0.00000156. The fourth-order valence-corrected chi connectivity index (χ4v) is 3.44. The molecule has 2 N–H and O–H groups in total. The zero-order valence-electron chi connectivity index (χ0n) is 14.6. The van der Waals surface area contributed by atoms with Crippen molar-refractivity contribution in [2.75, 3.05) is 39.4 Å². The van der Waals surface area contributed by atoms with Gasteiger partial charge in [0.05, 0.1) is 5.54 Å². The van der Waals surface area contributed by atoms with Gasteiger partial charge in [-0.3, -0.25) is 9.69 Å². The van der Waals surface area contributed by atoms with E-state index in [0.717, 1.165) is 39.1 Å². The van der Waals surface area contributed by atoms with Crippen molar-refractivity contribution in [3.8, 4) is 0 Å². The monoisotopic (exact) mass is 389 g/mol. The van der Waals surface area contributed by atoms with Gasteiger partial charge in [-0.1, -0.05) is 30.3 Å². The molecule has 2 heterocycles. The summed E-state index contributed by atoms with van der Waals surface area (Å²) in [5.74, 6) is 0.113. The van der Waals surface area contributed by atoms with Crippen molar-refractivity contribution in [2.45, 2.75) is 31.3 Å². The Hall–Kier alpha value is -0.850. The van der Waals surface area contributed by atoms with Crippen LogP contribution in [0.25, 0.3) is 0 Å². The summed E-state index contributed by atoms with van der Waals surface area (Å²) in [7, 11) is 0. The molecule has 7 heteroatoms. The summed E-state index contributed by atoms with van der Waals surface area (Å²) < 4.78 is 5.35. The molecule has 2 saturated heterocycles. The number of benzene rings is 1. The van der Waals surface area contributed by atoms with Crippen LogP contribution in [-0.4, -0.2) is 60.6 Å². The first-order valence-electron chi connectivity index (χ1n) is 8.60. The lowest BCUT2D eigenvalue weighted by molar-refractivity contribution is -0.140. The largest absolute Gasteiger partial charge is 0.381 e. The fourth-order valence-electron chi connectivity index (χ4n) is 3.44. The third-order valence-corrected chi connectivity index (χ3v) is 4.94. The predicted octanol–water partition coefficient (Wildman–Crippen LogP) is 2.07. The molecule has 0 saturated carbocycles. The molecule has 2 fully saturated rings. The van der Waals surface area contributed by atoms with Crippen LogP contribution in [0.4, 0.5) is 0 Å². The quantitative estimate of drug-likeness (QED) is 0.859. The van der Waals surface area contributed by atoms with E-state index >= 15 is 0 Å². The van der Waals surface area contributed by atoms with Gasteiger partial charge < -0.3 is 15.4 Å². The number of halogens is 2. The van der Waals surface area contributed by atoms with Gasteiger partial charge in [0.1, 0.15) is 0 Å². The highest BCUT2D eigenvalue weighted by molar-refractivity contribution is 5.86. The Labute approximate surface area is 162 Å². The minimum Gasteiger partial charge on any atom is -0.381 e. The van der Waals surface area contributed by atoms with E-state index in [1.54, 1.807) is 0 Å². The van der Waals surface area contributed by atoms with Gasteiger partial charge in [-0.15, -0.1) is 24.8 Å². The minimum absolute atomic E-state index is 0. The number of ether oxygens (including phenoxy) is 1. The van der Waals surface area contributed by atoms with Crippen molar-refractivity contribution >= 4 is 30.7 Å². The summed E-state index contributed by atoms with van der Waals surface area (Å²) in [4.78, 5) is 17.2. The second-order valence-corrected chi connectivity index (χ2v) is 6.68. The van der Waals surface area contributed by atoms with Gasteiger partial charge in [0.2, 0.25) is 5.91 Å². The Morgan fingerprint density at radius 2 is 1.72 bits per heavy atom. The summed E-state index contributed by atoms with van der Waals surface area (Å²) >= 11 is 0. The first-order chi connectivity index (χ1) is 11.2. The van der Waals surface area contributed by atoms with Crippen LogP contribution in [0.3, 0.4) is 0 Å². The first-order valence-corrected chi connectivity index (χ1v) is 8.60. The minimum atomic E-state index is -0.715. The molecule has 142 valence electrons. The van der Waals surface area contributed by atoms with Gasteiger partial charge in [-0.2, -0.15) is 0 Å². The van der Waals surface area contributed by atoms with Gasteiger partial charge in [-0.05, 0) is 24.8 Å². The highest BCUT2D eigenvalue weighted by Gasteiger charge is 2.39. The smallest absolute Gasteiger partial charge is 0.242 e. The van der Waals surface area contributed by atoms with E-state index in [2.05, 4.69) is 29.2 Å². The molecule has 1 aromatic rings. The number of rotatable bonds is 3. The lowest BCUT2D eigenvalue weighted by atomic mass is 9.89. The number of nitrogens with zero attached hydrogens (tertiary/aromatic N) is 2. The van der Waals surface area contributed by atoms with Crippen molar-refractivity contribution in [3.63, 3.8) is 0 Å². The maximum absolute atomic E-state index is 12.8. The summed E-state index contributed by atoms with van der Waals surface area (Å²) in [6.45, 7) is 5.65. The van der Waals surface area contributed by atoms with Crippen LogP contribution in [0.2, 0.25) is 0 Å². The summed E-state index contributed by atoms with van der Waals surface area (Å²) in [6.07, 6.45) is 2.28. The lowest BCUT2D eigenvalue weighted by Crippen LogP contribution is -2.58. The second kappa shape index (κ2) is 10.3. The van der Waals surface area contributed by atoms with Crippen molar-refractivity contribution in [1.29, 1.82) is 0 Å². The predicted molar refractivity (Wildman–Crippen MR) is 104 cm³/mol. The van der Waals surface area contributed by atoms with Crippen LogP contribution < -0.4 is 5.73 Å². The third-order valence-electron chi connectivity index (χ3n) is 4.94. The molecule has 1 aromatic carbocycles. The Bertz CT molecular complexity index is 524. The average Bonchev–Trinajstić information content (AvgIpc) is 2.81. The average molecular weight is 390 g/mol. The van der Waals surface area contributed by atoms with Crippen molar-refractivity contribution in [3.05, 3.63) is 35.9 Å². The second-order valence-electron chi connectivity index (χ2n) is 6.68. The lowest BCUT2D eigenvalue weighted by Gasteiger charge is -2.36. The Morgan fingerprint density at radius 1 is 1.04 bits per heavy atom. The molecule has 2 aliphatic rings. The molecular weight excluding hydrogens is 361 g/mol. The molecule has 3 rings (SSSR count). The van der Waals surface area contributed by atoms with Gasteiger partial charge in [0.25, 0.3) is 0 Å². The highest BCUT2D eigenvalue weighted by Crippen LogP contribution is 2.21. The van der Waals surface area contributed by atoms with Crippen LogP contribution in [0.5, 0.6) is 0 Å². The van der Waals surface area contributed by atoms with Crippen LogP contribution in [0.1, 0.15) is 24.8 Å². The van der Waals surface area contributed by atoms with E-state index < -0.39 is 5.54 Å². The molecule has 0 unspecified atom stereocenters. The standard InChI is InChI=1S/C18H27N3O2.2ClH/c19-18(7-13-23-14-8-18)17(22)21-10-4-9-20(11-12-21)15-16-5-2-1-3-6-16;;/h1-3,5-6H,4,7-15,19H2;2*1H. The van der Waals surface area contributed by atoms with Crippen LogP contribution in [0, 0.1) is 0 Å². The normalized spacial score (nSPS) is 20.8. The number of nitrogens with two attached hydrogens (primary N) is 1. The van der Waals surface area contributed by atoms with Crippen molar-refractivity contribution < 1.29 is 9.53 Å². The number of amides is 1. The first kappa shape index (κ1) is 22.2. The SMILES string of the molecule is Cl.Cl.NC1(C(=O)N2CCCN(Cc3ccccc3)CC2)CCOCC1. The Morgan fingerprint density at radius 3 is 2.40 bits per heavy atom. The zero-order valence-corrected chi connectivity index (χ0v) is 16.2. The molecule has 0 atom stereocenters. The molecule has 2 aliphatic heterocycles. The molecule has 0 aliphatic carbocycles. The van der Waals surface area contributed by atoms with Gasteiger partial charge in [0.15, 0.2) is 0 Å². The van der Waals surface area contributed by atoms with Gasteiger partial charge in [0, 0.05) is 45.9 Å². The molecule has 5 nitrogen and oxygen atoms in total. The number of carbonyl (C=O) groups is 1. The Kier molecular flexibility index (Phi) is 9.17. The van der Waals surface area contributed by atoms with Crippen LogP contribution in [-0.2, 0) is 16.1 Å². The van der Waals surface area contributed by atoms with Crippen LogP contribution >= 0.6 is 24.8 Å². The van der Waals surface area contributed by atoms with Crippen LogP contribution in [0.15, 0.2) is 30.3 Å². The molecule has 25 heavy (non-hydrogen) atoms. The molecule has 1 amide bonds. The number of hydrogen-bond donors (Lipinski definition) is 1.